The van der Waals surface area contributed by atoms with Gasteiger partial charge in [-0.05, 0) is 37.4 Å². The molecule has 0 saturated carbocycles. The van der Waals surface area contributed by atoms with Gasteiger partial charge in [0.25, 0.3) is 0 Å². The lowest BCUT2D eigenvalue weighted by Crippen LogP contribution is -1.94. The Bertz CT molecular complexity index is 475. The normalized spacial score (nSPS) is 10.4. The molecule has 86 valence electrons. The third-order valence-corrected chi connectivity index (χ3v) is 2.22. The molecule has 2 rings (SSSR count). The zero-order valence-electron chi connectivity index (χ0n) is 9.72. The smallest absolute Gasteiger partial charge is 0.129 e. The molecule has 0 bridgehead atoms. The Labute approximate surface area is 101 Å². The number of pyridine rings is 1. The number of hydrogen-bond acceptors (Lipinski definition) is 3. The van der Waals surface area contributed by atoms with Gasteiger partial charge in [0, 0.05) is 5.69 Å². The minimum absolute atomic E-state index is 0.835. The molecular formula is C14H15N3. The molecular weight excluding hydrogens is 210 g/mol. The molecule has 3 heteroatoms. The van der Waals surface area contributed by atoms with Crippen molar-refractivity contribution in [2.75, 3.05) is 10.6 Å². The minimum Gasteiger partial charge on any atom is -0.354 e. The number of anilines is 3. The van der Waals surface area contributed by atoms with E-state index in [1.54, 1.807) is 6.20 Å². The van der Waals surface area contributed by atoms with E-state index in [-0.39, 0.29) is 0 Å². The number of para-hydroxylation sites is 1. The van der Waals surface area contributed by atoms with Crippen LogP contribution in [0.4, 0.5) is 17.2 Å². The number of nitrogens with one attached hydrogen (secondary N) is 2. The van der Waals surface area contributed by atoms with Crippen LogP contribution in [0.25, 0.3) is 0 Å². The van der Waals surface area contributed by atoms with E-state index in [0.29, 0.717) is 0 Å². The molecule has 1 aromatic carbocycles. The molecule has 0 aliphatic heterocycles. The summed E-state index contributed by atoms with van der Waals surface area (Å²) < 4.78 is 0. The molecule has 0 spiro atoms. The molecule has 1 heterocycles. The first-order valence-electron chi connectivity index (χ1n) is 5.54. The second-order valence-corrected chi connectivity index (χ2v) is 3.57. The summed E-state index contributed by atoms with van der Waals surface area (Å²) in [5.74, 6) is 0.835. The van der Waals surface area contributed by atoms with Crippen molar-refractivity contribution in [1.29, 1.82) is 0 Å². The molecule has 0 amide bonds. The first-order valence-corrected chi connectivity index (χ1v) is 5.54. The predicted octanol–water partition coefficient (Wildman–Crippen LogP) is 3.77. The average molecular weight is 225 g/mol. The highest BCUT2D eigenvalue weighted by molar-refractivity contribution is 5.59. The van der Waals surface area contributed by atoms with Gasteiger partial charge in [0.1, 0.15) is 5.82 Å². The standard InChI is InChI=1S/C14H15N3/c1-2-10-15-14-9-8-13(11-16-14)17-12-6-4-3-5-7-12/h2-11,17H,1H3,(H,15,16)/b10-2-. The van der Waals surface area contributed by atoms with E-state index in [1.807, 2.05) is 61.7 Å². The van der Waals surface area contributed by atoms with Crippen LogP contribution in [-0.4, -0.2) is 4.98 Å². The van der Waals surface area contributed by atoms with Gasteiger partial charge in [-0.2, -0.15) is 0 Å². The predicted molar refractivity (Wildman–Crippen MR) is 72.4 cm³/mol. The van der Waals surface area contributed by atoms with Crippen LogP contribution in [-0.2, 0) is 0 Å². The van der Waals surface area contributed by atoms with E-state index in [9.17, 15) is 0 Å². The van der Waals surface area contributed by atoms with Gasteiger partial charge in [-0.3, -0.25) is 0 Å². The van der Waals surface area contributed by atoms with Crippen molar-refractivity contribution in [2.24, 2.45) is 0 Å². The maximum absolute atomic E-state index is 4.29. The van der Waals surface area contributed by atoms with Gasteiger partial charge < -0.3 is 10.6 Å². The SMILES string of the molecule is C/C=C\Nc1ccc(Nc2ccccc2)cn1. The topological polar surface area (TPSA) is 37.0 Å². The summed E-state index contributed by atoms with van der Waals surface area (Å²) in [6.45, 7) is 1.96. The fraction of sp³-hybridized carbons (Fsp3) is 0.0714. The summed E-state index contributed by atoms with van der Waals surface area (Å²) in [5, 5.41) is 6.34. The first kappa shape index (κ1) is 11.2. The second kappa shape index (κ2) is 5.70. The molecule has 3 nitrogen and oxygen atoms in total. The fourth-order valence-electron chi connectivity index (χ4n) is 1.41. The molecule has 0 aliphatic rings. The van der Waals surface area contributed by atoms with Gasteiger partial charge in [-0.25, -0.2) is 4.98 Å². The van der Waals surface area contributed by atoms with E-state index in [2.05, 4.69) is 15.6 Å². The van der Waals surface area contributed by atoms with Crippen molar-refractivity contribution in [3.05, 3.63) is 60.9 Å². The molecule has 0 radical (unpaired) electrons. The molecule has 2 N–H and O–H groups in total. The highest BCUT2D eigenvalue weighted by Crippen LogP contribution is 2.16. The van der Waals surface area contributed by atoms with Crippen molar-refractivity contribution in [1.82, 2.24) is 4.98 Å². The van der Waals surface area contributed by atoms with Gasteiger partial charge in [0.15, 0.2) is 0 Å². The highest BCUT2D eigenvalue weighted by Gasteiger charge is 1.94. The molecule has 0 aliphatic carbocycles. The third kappa shape index (κ3) is 3.34. The van der Waals surface area contributed by atoms with E-state index in [4.69, 9.17) is 0 Å². The largest absolute Gasteiger partial charge is 0.354 e. The van der Waals surface area contributed by atoms with Crippen molar-refractivity contribution in [3.8, 4) is 0 Å². The monoisotopic (exact) mass is 225 g/mol. The van der Waals surface area contributed by atoms with Crippen LogP contribution in [0.5, 0.6) is 0 Å². The van der Waals surface area contributed by atoms with Crippen molar-refractivity contribution in [2.45, 2.75) is 6.92 Å². The Hall–Kier alpha value is -2.29. The number of allylic oxidation sites excluding steroid dienone is 1. The van der Waals surface area contributed by atoms with Crippen LogP contribution >= 0.6 is 0 Å². The Morgan fingerprint density at radius 1 is 1.00 bits per heavy atom. The van der Waals surface area contributed by atoms with E-state index >= 15 is 0 Å². The first-order chi connectivity index (χ1) is 8.38. The summed E-state index contributed by atoms with van der Waals surface area (Å²) in [7, 11) is 0. The average Bonchev–Trinajstić information content (AvgIpc) is 2.39. The zero-order chi connectivity index (χ0) is 11.9. The Morgan fingerprint density at radius 3 is 2.47 bits per heavy atom. The number of rotatable bonds is 4. The van der Waals surface area contributed by atoms with Crippen molar-refractivity contribution < 1.29 is 0 Å². The van der Waals surface area contributed by atoms with Gasteiger partial charge in [0.2, 0.25) is 0 Å². The lowest BCUT2D eigenvalue weighted by atomic mass is 10.3. The van der Waals surface area contributed by atoms with Crippen LogP contribution in [0, 0.1) is 0 Å². The fourth-order valence-corrected chi connectivity index (χ4v) is 1.41. The number of benzene rings is 1. The van der Waals surface area contributed by atoms with E-state index in [1.165, 1.54) is 0 Å². The van der Waals surface area contributed by atoms with Crippen LogP contribution in [0.15, 0.2) is 60.9 Å². The molecule has 0 fully saturated rings. The van der Waals surface area contributed by atoms with Gasteiger partial charge >= 0.3 is 0 Å². The molecule has 0 saturated heterocycles. The van der Waals surface area contributed by atoms with Crippen LogP contribution < -0.4 is 10.6 Å². The van der Waals surface area contributed by atoms with Gasteiger partial charge in [0.05, 0.1) is 11.9 Å². The summed E-state index contributed by atoms with van der Waals surface area (Å²) >= 11 is 0. The lowest BCUT2D eigenvalue weighted by Gasteiger charge is -2.06. The summed E-state index contributed by atoms with van der Waals surface area (Å²) in [6.07, 6.45) is 5.59. The Balaban J connectivity index is 2.03. The Morgan fingerprint density at radius 2 is 1.82 bits per heavy atom. The number of hydrogen-bond donors (Lipinski definition) is 2. The van der Waals surface area contributed by atoms with Gasteiger partial charge in [-0.15, -0.1) is 0 Å². The minimum atomic E-state index is 0.835. The number of aromatic nitrogens is 1. The van der Waals surface area contributed by atoms with Crippen molar-refractivity contribution in [3.63, 3.8) is 0 Å². The van der Waals surface area contributed by atoms with E-state index in [0.717, 1.165) is 17.2 Å². The van der Waals surface area contributed by atoms with Crippen molar-refractivity contribution >= 4 is 17.2 Å². The molecule has 0 unspecified atom stereocenters. The van der Waals surface area contributed by atoms with Crippen LogP contribution in [0.2, 0.25) is 0 Å². The second-order valence-electron chi connectivity index (χ2n) is 3.57. The molecule has 1 aromatic heterocycles. The summed E-state index contributed by atoms with van der Waals surface area (Å²) in [4.78, 5) is 4.29. The quantitative estimate of drug-likeness (QED) is 0.831. The van der Waals surface area contributed by atoms with E-state index < -0.39 is 0 Å². The maximum Gasteiger partial charge on any atom is 0.129 e. The number of nitrogens with zero attached hydrogens (tertiary/aromatic N) is 1. The molecule has 17 heavy (non-hydrogen) atoms. The zero-order valence-corrected chi connectivity index (χ0v) is 9.72. The molecule has 2 aromatic rings. The summed E-state index contributed by atoms with van der Waals surface area (Å²) in [6, 6.07) is 14.0. The summed E-state index contributed by atoms with van der Waals surface area (Å²) in [5.41, 5.74) is 2.03. The lowest BCUT2D eigenvalue weighted by molar-refractivity contribution is 1.30. The maximum atomic E-state index is 4.29. The van der Waals surface area contributed by atoms with Gasteiger partial charge in [-0.1, -0.05) is 24.3 Å². The molecule has 0 atom stereocenters. The highest BCUT2D eigenvalue weighted by atomic mass is 15.0. The Kier molecular flexibility index (Phi) is 3.76. The van der Waals surface area contributed by atoms with Crippen LogP contribution in [0.1, 0.15) is 6.92 Å². The van der Waals surface area contributed by atoms with Crippen LogP contribution in [0.3, 0.4) is 0 Å². The third-order valence-electron chi connectivity index (χ3n) is 2.22.